The third-order valence-electron chi connectivity index (χ3n) is 3.35. The number of hydrogen-bond acceptors (Lipinski definition) is 4. The summed E-state index contributed by atoms with van der Waals surface area (Å²) in [4.78, 5) is 11.0. The number of rotatable bonds is 8. The van der Waals surface area contributed by atoms with E-state index in [4.69, 9.17) is 5.73 Å². The molecule has 0 saturated heterocycles. The molecule has 0 spiro atoms. The largest absolute Gasteiger partial charge is 0.383 e. The molecule has 0 aliphatic rings. The molecule has 1 rings (SSSR count). The van der Waals surface area contributed by atoms with Crippen LogP contribution in [0.15, 0.2) is 6.33 Å². The molecule has 0 unspecified atom stereocenters. The molecule has 4 nitrogen and oxygen atoms in total. The van der Waals surface area contributed by atoms with Gasteiger partial charge in [-0.15, -0.1) is 0 Å². The molecule has 0 saturated carbocycles. The molecule has 0 radical (unpaired) electrons. The molecule has 1 aromatic heterocycles. The first kappa shape index (κ1) is 15.7. The minimum atomic E-state index is 0.432. The van der Waals surface area contributed by atoms with Gasteiger partial charge in [0.05, 0.1) is 0 Å². The first-order valence-corrected chi connectivity index (χ1v) is 7.47. The summed E-state index contributed by atoms with van der Waals surface area (Å²) in [6.07, 6.45) is 7.28. The van der Waals surface area contributed by atoms with Gasteiger partial charge in [-0.1, -0.05) is 33.1 Å². The molecular formula is C15H28N4. The van der Waals surface area contributed by atoms with Gasteiger partial charge >= 0.3 is 0 Å². The molecule has 0 aliphatic heterocycles. The maximum absolute atomic E-state index is 6.02. The van der Waals surface area contributed by atoms with Gasteiger partial charge in [-0.2, -0.15) is 0 Å². The number of hydrogen-bond donors (Lipinski definition) is 1. The SMILES string of the molecule is CCCCCN(c1ncnc(N)c1CCC)C(C)C. The average Bonchev–Trinajstić information content (AvgIpc) is 2.37. The molecule has 19 heavy (non-hydrogen) atoms. The minimum absolute atomic E-state index is 0.432. The van der Waals surface area contributed by atoms with Crippen molar-refractivity contribution in [1.82, 2.24) is 9.97 Å². The lowest BCUT2D eigenvalue weighted by Crippen LogP contribution is -2.33. The fraction of sp³-hybridized carbons (Fsp3) is 0.733. The number of anilines is 2. The van der Waals surface area contributed by atoms with Crippen molar-refractivity contribution in [3.05, 3.63) is 11.9 Å². The van der Waals surface area contributed by atoms with E-state index >= 15 is 0 Å². The number of aromatic nitrogens is 2. The predicted octanol–water partition coefficient (Wildman–Crippen LogP) is 3.42. The molecule has 108 valence electrons. The minimum Gasteiger partial charge on any atom is -0.383 e. The van der Waals surface area contributed by atoms with E-state index in [-0.39, 0.29) is 0 Å². The quantitative estimate of drug-likeness (QED) is 0.731. The highest BCUT2D eigenvalue weighted by molar-refractivity contribution is 5.57. The second-order valence-corrected chi connectivity index (χ2v) is 5.31. The Labute approximate surface area is 117 Å². The zero-order chi connectivity index (χ0) is 14.3. The van der Waals surface area contributed by atoms with Crippen LogP contribution in [0.3, 0.4) is 0 Å². The Kier molecular flexibility index (Phi) is 6.60. The third-order valence-corrected chi connectivity index (χ3v) is 3.35. The maximum atomic E-state index is 6.02. The zero-order valence-corrected chi connectivity index (χ0v) is 12.8. The molecule has 0 aromatic carbocycles. The van der Waals surface area contributed by atoms with E-state index in [2.05, 4.69) is 42.6 Å². The summed E-state index contributed by atoms with van der Waals surface area (Å²) < 4.78 is 0. The topological polar surface area (TPSA) is 55.0 Å². The van der Waals surface area contributed by atoms with Crippen molar-refractivity contribution in [2.45, 2.75) is 65.8 Å². The van der Waals surface area contributed by atoms with Crippen molar-refractivity contribution in [2.75, 3.05) is 17.2 Å². The highest BCUT2D eigenvalue weighted by Crippen LogP contribution is 2.25. The van der Waals surface area contributed by atoms with Crippen LogP contribution in [0.5, 0.6) is 0 Å². The molecule has 2 N–H and O–H groups in total. The molecule has 0 amide bonds. The Morgan fingerprint density at radius 1 is 1.16 bits per heavy atom. The monoisotopic (exact) mass is 264 g/mol. The molecule has 0 aliphatic carbocycles. The van der Waals surface area contributed by atoms with Gasteiger partial charge in [-0.05, 0) is 26.7 Å². The van der Waals surface area contributed by atoms with Gasteiger partial charge in [0.2, 0.25) is 0 Å². The van der Waals surface area contributed by atoms with Gasteiger partial charge < -0.3 is 10.6 Å². The number of nitrogens with zero attached hydrogens (tertiary/aromatic N) is 3. The molecule has 0 fully saturated rings. The Morgan fingerprint density at radius 3 is 2.47 bits per heavy atom. The summed E-state index contributed by atoms with van der Waals surface area (Å²) in [5.74, 6) is 1.66. The molecule has 0 atom stereocenters. The molecule has 1 aromatic rings. The van der Waals surface area contributed by atoms with Gasteiger partial charge in [0.25, 0.3) is 0 Å². The van der Waals surface area contributed by atoms with Crippen molar-refractivity contribution in [3.8, 4) is 0 Å². The van der Waals surface area contributed by atoms with Crippen LogP contribution < -0.4 is 10.6 Å². The van der Waals surface area contributed by atoms with E-state index in [1.807, 2.05) is 0 Å². The van der Waals surface area contributed by atoms with Crippen LogP contribution in [-0.2, 0) is 6.42 Å². The normalized spacial score (nSPS) is 11.0. The van der Waals surface area contributed by atoms with Crippen molar-refractivity contribution in [1.29, 1.82) is 0 Å². The summed E-state index contributed by atoms with van der Waals surface area (Å²) in [7, 11) is 0. The highest BCUT2D eigenvalue weighted by Gasteiger charge is 2.17. The molecule has 0 bridgehead atoms. The predicted molar refractivity (Wildman–Crippen MR) is 82.4 cm³/mol. The lowest BCUT2D eigenvalue weighted by atomic mass is 10.1. The summed E-state index contributed by atoms with van der Waals surface area (Å²) >= 11 is 0. The highest BCUT2D eigenvalue weighted by atomic mass is 15.2. The van der Waals surface area contributed by atoms with Crippen LogP contribution in [0.4, 0.5) is 11.6 Å². The second kappa shape index (κ2) is 7.97. The lowest BCUT2D eigenvalue weighted by molar-refractivity contribution is 0.616. The van der Waals surface area contributed by atoms with Crippen LogP contribution in [0, 0.1) is 0 Å². The first-order chi connectivity index (χ1) is 9.11. The number of unbranched alkanes of at least 4 members (excludes halogenated alkanes) is 2. The van der Waals surface area contributed by atoms with Crippen LogP contribution >= 0.6 is 0 Å². The Morgan fingerprint density at radius 2 is 1.89 bits per heavy atom. The summed E-state index contributed by atoms with van der Waals surface area (Å²) in [6.45, 7) is 9.84. The Bertz CT molecular complexity index is 376. The maximum Gasteiger partial charge on any atom is 0.137 e. The van der Waals surface area contributed by atoms with Crippen LogP contribution in [0.25, 0.3) is 0 Å². The second-order valence-electron chi connectivity index (χ2n) is 5.31. The standard InChI is InChI=1S/C15H28N4/c1-5-7-8-10-19(12(3)4)15-13(9-6-2)14(16)17-11-18-15/h11-12H,5-10H2,1-4H3,(H2,16,17,18). The van der Waals surface area contributed by atoms with E-state index in [9.17, 15) is 0 Å². The van der Waals surface area contributed by atoms with Gasteiger partial charge in [-0.3, -0.25) is 0 Å². The number of nitrogens with two attached hydrogens (primary N) is 1. The van der Waals surface area contributed by atoms with E-state index in [0.29, 0.717) is 11.9 Å². The van der Waals surface area contributed by atoms with Gasteiger partial charge in [-0.25, -0.2) is 9.97 Å². The van der Waals surface area contributed by atoms with E-state index in [1.165, 1.54) is 19.3 Å². The Hall–Kier alpha value is -1.32. The van der Waals surface area contributed by atoms with Crippen molar-refractivity contribution >= 4 is 11.6 Å². The van der Waals surface area contributed by atoms with Crippen molar-refractivity contribution in [3.63, 3.8) is 0 Å². The van der Waals surface area contributed by atoms with Crippen LogP contribution in [0.1, 0.15) is 58.9 Å². The number of nitrogen functional groups attached to an aromatic ring is 1. The summed E-state index contributed by atoms with van der Waals surface area (Å²) in [6, 6.07) is 0.432. The van der Waals surface area contributed by atoms with E-state index < -0.39 is 0 Å². The molecule has 1 heterocycles. The fourth-order valence-corrected chi connectivity index (χ4v) is 2.29. The molecular weight excluding hydrogens is 236 g/mol. The van der Waals surface area contributed by atoms with E-state index in [0.717, 1.165) is 30.8 Å². The smallest absolute Gasteiger partial charge is 0.137 e. The van der Waals surface area contributed by atoms with Gasteiger partial charge in [0.1, 0.15) is 18.0 Å². The fourth-order valence-electron chi connectivity index (χ4n) is 2.29. The van der Waals surface area contributed by atoms with Crippen LogP contribution in [-0.4, -0.2) is 22.6 Å². The van der Waals surface area contributed by atoms with Crippen molar-refractivity contribution < 1.29 is 0 Å². The first-order valence-electron chi connectivity index (χ1n) is 7.47. The molecule has 4 heteroatoms. The summed E-state index contributed by atoms with van der Waals surface area (Å²) in [5, 5.41) is 0. The zero-order valence-electron chi connectivity index (χ0n) is 12.8. The Balaban J connectivity index is 2.97. The summed E-state index contributed by atoms with van der Waals surface area (Å²) in [5.41, 5.74) is 7.13. The third kappa shape index (κ3) is 4.37. The van der Waals surface area contributed by atoms with Gasteiger partial charge in [0, 0.05) is 18.2 Å². The average molecular weight is 264 g/mol. The van der Waals surface area contributed by atoms with Crippen LogP contribution in [0.2, 0.25) is 0 Å². The lowest BCUT2D eigenvalue weighted by Gasteiger charge is -2.30. The van der Waals surface area contributed by atoms with Crippen molar-refractivity contribution in [2.24, 2.45) is 0 Å². The van der Waals surface area contributed by atoms with E-state index in [1.54, 1.807) is 6.33 Å². The van der Waals surface area contributed by atoms with Gasteiger partial charge in [0.15, 0.2) is 0 Å².